The van der Waals surface area contributed by atoms with Crippen LogP contribution in [-0.2, 0) is 4.79 Å². The number of rotatable bonds is 6. The van der Waals surface area contributed by atoms with Crippen LogP contribution in [0, 0.1) is 0 Å². The summed E-state index contributed by atoms with van der Waals surface area (Å²) >= 11 is 0. The summed E-state index contributed by atoms with van der Waals surface area (Å²) in [6.45, 7) is 6.26. The first-order valence-electron chi connectivity index (χ1n) is 5.60. The van der Waals surface area contributed by atoms with Gasteiger partial charge in [-0.3, -0.25) is 4.79 Å². The molecule has 4 nitrogen and oxygen atoms in total. The van der Waals surface area contributed by atoms with Crippen molar-refractivity contribution in [2.75, 3.05) is 27.2 Å². The van der Waals surface area contributed by atoms with Gasteiger partial charge in [0, 0.05) is 18.7 Å². The number of likely N-dealkylation sites (N-methyl/N-ethyl adjacent to an activating group) is 1. The SMILES string of the molecule is CC/C=C(/C)C(=O)NCC(C)(O)CN(C)C. The molecule has 4 heteroatoms. The van der Waals surface area contributed by atoms with Gasteiger partial charge in [-0.15, -0.1) is 0 Å². The molecule has 1 atom stereocenters. The van der Waals surface area contributed by atoms with Crippen molar-refractivity contribution in [1.29, 1.82) is 0 Å². The highest BCUT2D eigenvalue weighted by Gasteiger charge is 2.22. The summed E-state index contributed by atoms with van der Waals surface area (Å²) in [5.74, 6) is -0.110. The Balaban J connectivity index is 4.14. The lowest BCUT2D eigenvalue weighted by atomic mass is 10.1. The average molecular weight is 228 g/mol. The maximum atomic E-state index is 11.6. The van der Waals surface area contributed by atoms with Gasteiger partial charge in [-0.05, 0) is 34.4 Å². The highest BCUT2D eigenvalue weighted by Crippen LogP contribution is 2.03. The molecule has 0 rings (SSSR count). The maximum absolute atomic E-state index is 11.6. The summed E-state index contributed by atoms with van der Waals surface area (Å²) < 4.78 is 0. The van der Waals surface area contributed by atoms with Crippen LogP contribution < -0.4 is 5.32 Å². The number of carbonyl (C=O) groups excluding carboxylic acids is 1. The van der Waals surface area contributed by atoms with Crippen molar-refractivity contribution >= 4 is 5.91 Å². The molecular weight excluding hydrogens is 204 g/mol. The summed E-state index contributed by atoms with van der Waals surface area (Å²) in [7, 11) is 3.77. The molecule has 0 aliphatic rings. The predicted molar refractivity (Wildman–Crippen MR) is 66.2 cm³/mol. The van der Waals surface area contributed by atoms with Crippen LogP contribution in [0.1, 0.15) is 27.2 Å². The van der Waals surface area contributed by atoms with Crippen molar-refractivity contribution in [3.63, 3.8) is 0 Å². The zero-order valence-electron chi connectivity index (χ0n) is 11.0. The summed E-state index contributed by atoms with van der Waals surface area (Å²) in [4.78, 5) is 13.5. The van der Waals surface area contributed by atoms with Gasteiger partial charge in [0.2, 0.25) is 5.91 Å². The minimum atomic E-state index is -0.897. The molecule has 94 valence electrons. The van der Waals surface area contributed by atoms with Crippen LogP contribution in [0.4, 0.5) is 0 Å². The Morgan fingerprint density at radius 2 is 2.06 bits per heavy atom. The van der Waals surface area contributed by atoms with Crippen molar-refractivity contribution in [1.82, 2.24) is 10.2 Å². The molecule has 0 aliphatic heterocycles. The van der Waals surface area contributed by atoms with Crippen molar-refractivity contribution in [3.05, 3.63) is 11.6 Å². The van der Waals surface area contributed by atoms with Crippen LogP contribution in [0.15, 0.2) is 11.6 Å². The second-order valence-electron chi connectivity index (χ2n) is 4.71. The van der Waals surface area contributed by atoms with Crippen molar-refractivity contribution in [2.45, 2.75) is 32.8 Å². The van der Waals surface area contributed by atoms with E-state index in [0.717, 1.165) is 6.42 Å². The van der Waals surface area contributed by atoms with Crippen LogP contribution in [0.3, 0.4) is 0 Å². The summed E-state index contributed by atoms with van der Waals surface area (Å²) in [6, 6.07) is 0. The summed E-state index contributed by atoms with van der Waals surface area (Å²) in [5, 5.41) is 12.7. The number of nitrogens with zero attached hydrogens (tertiary/aromatic N) is 1. The van der Waals surface area contributed by atoms with E-state index in [1.165, 1.54) is 0 Å². The predicted octanol–water partition coefficient (Wildman–Crippen LogP) is 0.771. The van der Waals surface area contributed by atoms with Crippen LogP contribution in [0.2, 0.25) is 0 Å². The van der Waals surface area contributed by atoms with E-state index in [-0.39, 0.29) is 12.5 Å². The second kappa shape index (κ2) is 6.66. The van der Waals surface area contributed by atoms with Gasteiger partial charge in [-0.25, -0.2) is 0 Å². The number of carbonyl (C=O) groups is 1. The molecule has 0 bridgehead atoms. The number of amides is 1. The van der Waals surface area contributed by atoms with Gasteiger partial charge in [0.1, 0.15) is 0 Å². The zero-order valence-corrected chi connectivity index (χ0v) is 11.0. The number of hydrogen-bond acceptors (Lipinski definition) is 3. The Bertz CT molecular complexity index is 258. The first-order chi connectivity index (χ1) is 7.28. The van der Waals surface area contributed by atoms with Gasteiger partial charge >= 0.3 is 0 Å². The summed E-state index contributed by atoms with van der Waals surface area (Å²) in [6.07, 6.45) is 2.71. The van der Waals surface area contributed by atoms with Gasteiger partial charge in [-0.1, -0.05) is 13.0 Å². The molecule has 0 saturated heterocycles. The number of allylic oxidation sites excluding steroid dienone is 1. The molecule has 0 aliphatic carbocycles. The molecule has 0 radical (unpaired) electrons. The Labute approximate surface area is 98.3 Å². The first-order valence-corrected chi connectivity index (χ1v) is 5.60. The van der Waals surface area contributed by atoms with Crippen LogP contribution in [-0.4, -0.2) is 48.7 Å². The van der Waals surface area contributed by atoms with E-state index in [1.807, 2.05) is 32.0 Å². The van der Waals surface area contributed by atoms with E-state index in [0.29, 0.717) is 12.1 Å². The Morgan fingerprint density at radius 1 is 1.50 bits per heavy atom. The second-order valence-corrected chi connectivity index (χ2v) is 4.71. The highest BCUT2D eigenvalue weighted by atomic mass is 16.3. The van der Waals surface area contributed by atoms with Gasteiger partial charge in [0.15, 0.2) is 0 Å². The van der Waals surface area contributed by atoms with Crippen LogP contribution in [0.5, 0.6) is 0 Å². The topological polar surface area (TPSA) is 52.6 Å². The van der Waals surface area contributed by atoms with Gasteiger partial charge in [-0.2, -0.15) is 0 Å². The molecule has 2 N–H and O–H groups in total. The van der Waals surface area contributed by atoms with E-state index < -0.39 is 5.60 Å². The van der Waals surface area contributed by atoms with Gasteiger partial charge < -0.3 is 15.3 Å². The lowest BCUT2D eigenvalue weighted by Crippen LogP contribution is -2.47. The van der Waals surface area contributed by atoms with Crippen LogP contribution in [0.25, 0.3) is 0 Å². The first kappa shape index (κ1) is 15.1. The zero-order chi connectivity index (χ0) is 12.8. The number of nitrogens with one attached hydrogen (secondary N) is 1. The lowest BCUT2D eigenvalue weighted by Gasteiger charge is -2.27. The van der Waals surface area contributed by atoms with Crippen molar-refractivity contribution < 1.29 is 9.90 Å². The average Bonchev–Trinajstić information content (AvgIpc) is 2.12. The molecule has 1 amide bonds. The quantitative estimate of drug-likeness (QED) is 0.660. The number of aliphatic hydroxyl groups is 1. The van der Waals surface area contributed by atoms with Gasteiger partial charge in [0.05, 0.1) is 5.60 Å². The van der Waals surface area contributed by atoms with Gasteiger partial charge in [0.25, 0.3) is 0 Å². The Kier molecular flexibility index (Phi) is 6.29. The van der Waals surface area contributed by atoms with E-state index >= 15 is 0 Å². The van der Waals surface area contributed by atoms with E-state index in [1.54, 1.807) is 13.8 Å². The third-order valence-corrected chi connectivity index (χ3v) is 2.16. The molecule has 1 unspecified atom stereocenters. The molecule has 0 heterocycles. The highest BCUT2D eigenvalue weighted by molar-refractivity contribution is 5.92. The fourth-order valence-electron chi connectivity index (χ4n) is 1.55. The molecular formula is C12H24N2O2. The maximum Gasteiger partial charge on any atom is 0.246 e. The molecule has 0 aromatic carbocycles. The van der Waals surface area contributed by atoms with E-state index in [2.05, 4.69) is 5.32 Å². The van der Waals surface area contributed by atoms with E-state index in [9.17, 15) is 9.90 Å². The third-order valence-electron chi connectivity index (χ3n) is 2.16. The molecule has 0 saturated carbocycles. The monoisotopic (exact) mass is 228 g/mol. The van der Waals surface area contributed by atoms with Crippen molar-refractivity contribution in [2.24, 2.45) is 0 Å². The smallest absolute Gasteiger partial charge is 0.246 e. The fourth-order valence-corrected chi connectivity index (χ4v) is 1.55. The van der Waals surface area contributed by atoms with Crippen LogP contribution >= 0.6 is 0 Å². The molecule has 0 spiro atoms. The van der Waals surface area contributed by atoms with E-state index in [4.69, 9.17) is 0 Å². The minimum Gasteiger partial charge on any atom is -0.387 e. The molecule has 0 fully saturated rings. The standard InChI is InChI=1S/C12H24N2O2/c1-6-7-10(2)11(15)13-8-12(3,16)9-14(4)5/h7,16H,6,8-9H2,1-5H3,(H,13,15)/b10-7-. The molecule has 0 aromatic heterocycles. The molecule has 0 aromatic rings. The van der Waals surface area contributed by atoms with Crippen molar-refractivity contribution in [3.8, 4) is 0 Å². The largest absolute Gasteiger partial charge is 0.387 e. The normalized spacial score (nSPS) is 16.1. The minimum absolute atomic E-state index is 0.110. The Morgan fingerprint density at radius 3 is 2.50 bits per heavy atom. The third kappa shape index (κ3) is 6.58. The fraction of sp³-hybridized carbons (Fsp3) is 0.750. The number of hydrogen-bond donors (Lipinski definition) is 2. The summed E-state index contributed by atoms with van der Waals surface area (Å²) in [5.41, 5.74) is -0.200. The molecule has 16 heavy (non-hydrogen) atoms. The lowest BCUT2D eigenvalue weighted by molar-refractivity contribution is -0.118. The Hall–Kier alpha value is -0.870.